The Balaban J connectivity index is 1.73. The molecule has 2 fully saturated rings. The molecular formula is C20H31N3O3. The summed E-state index contributed by atoms with van der Waals surface area (Å²) in [6.07, 6.45) is 3.02. The Bertz CT molecular complexity index is 651. The molecule has 2 saturated heterocycles. The number of carbonyl (C=O) groups is 1. The van der Waals surface area contributed by atoms with Crippen molar-refractivity contribution in [3.8, 4) is 11.5 Å². The van der Waals surface area contributed by atoms with E-state index in [1.54, 1.807) is 14.2 Å². The van der Waals surface area contributed by atoms with E-state index in [0.717, 1.165) is 56.0 Å². The second-order valence-electron chi connectivity index (χ2n) is 7.83. The molecule has 3 rings (SSSR count). The average Bonchev–Trinajstić information content (AvgIpc) is 3.28. The van der Waals surface area contributed by atoms with Crippen molar-refractivity contribution in [3.05, 3.63) is 23.8 Å². The third-order valence-electron chi connectivity index (χ3n) is 5.86. The molecule has 1 aromatic rings. The quantitative estimate of drug-likeness (QED) is 0.840. The zero-order chi connectivity index (χ0) is 18.7. The van der Waals surface area contributed by atoms with Crippen LogP contribution in [0.2, 0.25) is 0 Å². The number of rotatable bonds is 6. The minimum atomic E-state index is 0.0519. The second-order valence-corrected chi connectivity index (χ2v) is 7.83. The van der Waals surface area contributed by atoms with Crippen LogP contribution in [0.1, 0.15) is 37.8 Å². The monoisotopic (exact) mass is 361 g/mol. The van der Waals surface area contributed by atoms with E-state index in [-0.39, 0.29) is 17.4 Å². The summed E-state index contributed by atoms with van der Waals surface area (Å²) in [7, 11) is 3.33. The molecule has 2 N–H and O–H groups in total. The Morgan fingerprint density at radius 2 is 2.12 bits per heavy atom. The maximum Gasteiger partial charge on any atom is 0.237 e. The van der Waals surface area contributed by atoms with Crippen molar-refractivity contribution in [3.63, 3.8) is 0 Å². The molecular weight excluding hydrogens is 330 g/mol. The topological polar surface area (TPSA) is 68.0 Å². The van der Waals surface area contributed by atoms with Crippen LogP contribution in [0.3, 0.4) is 0 Å². The van der Waals surface area contributed by atoms with Crippen molar-refractivity contribution in [1.82, 2.24) is 9.80 Å². The summed E-state index contributed by atoms with van der Waals surface area (Å²) in [6.45, 7) is 5.99. The van der Waals surface area contributed by atoms with Crippen molar-refractivity contribution < 1.29 is 14.3 Å². The number of hydrogen-bond donors (Lipinski definition) is 1. The van der Waals surface area contributed by atoms with Crippen molar-refractivity contribution in [2.75, 3.05) is 46.9 Å². The van der Waals surface area contributed by atoms with Gasteiger partial charge in [0.25, 0.3) is 0 Å². The van der Waals surface area contributed by atoms with E-state index in [1.807, 2.05) is 23.1 Å². The number of hydrogen-bond acceptors (Lipinski definition) is 5. The third-order valence-corrected chi connectivity index (χ3v) is 5.86. The van der Waals surface area contributed by atoms with E-state index in [0.29, 0.717) is 13.1 Å². The minimum Gasteiger partial charge on any atom is -0.497 e. The lowest BCUT2D eigenvalue weighted by Gasteiger charge is -2.29. The summed E-state index contributed by atoms with van der Waals surface area (Å²) < 4.78 is 10.9. The van der Waals surface area contributed by atoms with Crippen LogP contribution in [0, 0.1) is 5.41 Å². The fourth-order valence-electron chi connectivity index (χ4n) is 4.20. The van der Waals surface area contributed by atoms with E-state index < -0.39 is 0 Å². The van der Waals surface area contributed by atoms with E-state index in [9.17, 15) is 4.79 Å². The highest BCUT2D eigenvalue weighted by molar-refractivity contribution is 5.79. The lowest BCUT2D eigenvalue weighted by atomic mass is 9.90. The zero-order valence-corrected chi connectivity index (χ0v) is 16.2. The van der Waals surface area contributed by atoms with Crippen LogP contribution >= 0.6 is 0 Å². The Labute approximate surface area is 156 Å². The first-order valence-electron chi connectivity index (χ1n) is 9.43. The zero-order valence-electron chi connectivity index (χ0n) is 16.2. The molecule has 0 aliphatic carbocycles. The summed E-state index contributed by atoms with van der Waals surface area (Å²) in [4.78, 5) is 17.3. The summed E-state index contributed by atoms with van der Waals surface area (Å²) in [5, 5.41) is 0. The van der Waals surface area contributed by atoms with Crippen LogP contribution in [0.25, 0.3) is 0 Å². The van der Waals surface area contributed by atoms with Gasteiger partial charge in [0.05, 0.1) is 26.8 Å². The van der Waals surface area contributed by atoms with Crippen LogP contribution < -0.4 is 15.2 Å². The smallest absolute Gasteiger partial charge is 0.237 e. The highest BCUT2D eigenvalue weighted by Gasteiger charge is 2.36. The Kier molecular flexibility index (Phi) is 5.73. The van der Waals surface area contributed by atoms with Gasteiger partial charge in [-0.1, -0.05) is 6.92 Å². The van der Waals surface area contributed by atoms with Gasteiger partial charge in [-0.05, 0) is 56.0 Å². The SMILES string of the molecule is COc1ccc(OC)c(C2CCCN2C(=O)CN2CCC(C)(CN)C2)c1. The number of amides is 1. The first kappa shape index (κ1) is 19.0. The molecule has 0 spiro atoms. The minimum absolute atomic E-state index is 0.0519. The average molecular weight is 361 g/mol. The number of carbonyl (C=O) groups excluding carboxylic acids is 1. The molecule has 0 radical (unpaired) electrons. The molecule has 0 bridgehead atoms. The highest BCUT2D eigenvalue weighted by Crippen LogP contribution is 2.39. The van der Waals surface area contributed by atoms with Gasteiger partial charge in [0.2, 0.25) is 5.91 Å². The molecule has 6 heteroatoms. The molecule has 2 aliphatic rings. The molecule has 2 atom stereocenters. The molecule has 144 valence electrons. The number of ether oxygens (including phenoxy) is 2. The van der Waals surface area contributed by atoms with Gasteiger partial charge in [0, 0.05) is 18.7 Å². The van der Waals surface area contributed by atoms with Crippen LogP contribution in [-0.2, 0) is 4.79 Å². The summed E-state index contributed by atoms with van der Waals surface area (Å²) >= 11 is 0. The van der Waals surface area contributed by atoms with Gasteiger partial charge in [-0.2, -0.15) is 0 Å². The normalized spacial score (nSPS) is 26.3. The molecule has 2 heterocycles. The molecule has 0 aromatic heterocycles. The van der Waals surface area contributed by atoms with Crippen molar-refractivity contribution >= 4 is 5.91 Å². The number of methoxy groups -OCH3 is 2. The molecule has 1 amide bonds. The molecule has 2 aliphatic heterocycles. The number of nitrogens with zero attached hydrogens (tertiary/aromatic N) is 2. The van der Waals surface area contributed by atoms with Gasteiger partial charge >= 0.3 is 0 Å². The molecule has 1 aromatic carbocycles. The van der Waals surface area contributed by atoms with Crippen molar-refractivity contribution in [2.24, 2.45) is 11.1 Å². The predicted molar refractivity (Wildman–Crippen MR) is 101 cm³/mol. The molecule has 0 saturated carbocycles. The first-order valence-corrected chi connectivity index (χ1v) is 9.43. The number of benzene rings is 1. The van der Waals surface area contributed by atoms with Gasteiger partial charge in [-0.3, -0.25) is 9.69 Å². The third kappa shape index (κ3) is 3.81. The lowest BCUT2D eigenvalue weighted by Crippen LogP contribution is -2.40. The maximum atomic E-state index is 13.0. The Morgan fingerprint density at radius 3 is 2.77 bits per heavy atom. The Hall–Kier alpha value is -1.79. The summed E-state index contributed by atoms with van der Waals surface area (Å²) in [6, 6.07) is 5.86. The molecule has 2 unspecified atom stereocenters. The van der Waals surface area contributed by atoms with Gasteiger partial charge in [0.1, 0.15) is 11.5 Å². The van der Waals surface area contributed by atoms with Crippen molar-refractivity contribution in [1.29, 1.82) is 0 Å². The lowest BCUT2D eigenvalue weighted by molar-refractivity contribution is -0.133. The highest BCUT2D eigenvalue weighted by atomic mass is 16.5. The van der Waals surface area contributed by atoms with E-state index in [4.69, 9.17) is 15.2 Å². The summed E-state index contributed by atoms with van der Waals surface area (Å²) in [5.74, 6) is 1.80. The fourth-order valence-corrected chi connectivity index (χ4v) is 4.20. The Morgan fingerprint density at radius 1 is 1.31 bits per heavy atom. The van der Waals surface area contributed by atoms with Gasteiger partial charge < -0.3 is 20.1 Å². The van der Waals surface area contributed by atoms with Crippen molar-refractivity contribution in [2.45, 2.75) is 32.2 Å². The maximum absolute atomic E-state index is 13.0. The summed E-state index contributed by atoms with van der Waals surface area (Å²) in [5.41, 5.74) is 7.07. The fraction of sp³-hybridized carbons (Fsp3) is 0.650. The predicted octanol–water partition coefficient (Wildman–Crippen LogP) is 2.04. The molecule has 26 heavy (non-hydrogen) atoms. The first-order chi connectivity index (χ1) is 12.5. The van der Waals surface area contributed by atoms with Crippen LogP contribution in [-0.4, -0.2) is 62.7 Å². The van der Waals surface area contributed by atoms with E-state index >= 15 is 0 Å². The molecule has 6 nitrogen and oxygen atoms in total. The van der Waals surface area contributed by atoms with E-state index in [1.165, 1.54) is 0 Å². The van der Waals surface area contributed by atoms with Gasteiger partial charge in [-0.25, -0.2) is 0 Å². The number of likely N-dealkylation sites (tertiary alicyclic amines) is 2. The van der Waals surface area contributed by atoms with E-state index in [2.05, 4.69) is 11.8 Å². The largest absolute Gasteiger partial charge is 0.497 e. The van der Waals surface area contributed by atoms with Gasteiger partial charge in [0.15, 0.2) is 0 Å². The second kappa shape index (κ2) is 7.84. The van der Waals surface area contributed by atoms with Crippen LogP contribution in [0.4, 0.5) is 0 Å². The standard InChI is InChI=1S/C20H31N3O3/c1-20(13-21)8-10-22(14-20)12-19(24)23-9-4-5-17(23)16-11-15(25-2)6-7-18(16)26-3/h6-7,11,17H,4-5,8-10,12-14,21H2,1-3H3. The van der Waals surface area contributed by atoms with Crippen LogP contribution in [0.15, 0.2) is 18.2 Å². The van der Waals surface area contributed by atoms with Crippen LogP contribution in [0.5, 0.6) is 11.5 Å². The number of nitrogens with two attached hydrogens (primary N) is 1. The van der Waals surface area contributed by atoms with Gasteiger partial charge in [-0.15, -0.1) is 0 Å².